The van der Waals surface area contributed by atoms with Crippen molar-refractivity contribution in [3.8, 4) is 62.4 Å². The number of nitrogens with zero attached hydrogens (tertiary/aromatic N) is 12. The molecule has 15 nitrogen and oxygen atoms in total. The summed E-state index contributed by atoms with van der Waals surface area (Å²) in [5.74, 6) is 0. The maximum absolute atomic E-state index is 9.15. The molecule has 15 heteroatoms. The van der Waals surface area contributed by atoms with Gasteiger partial charge in [-0.2, -0.15) is 5.26 Å². The van der Waals surface area contributed by atoms with E-state index in [9.17, 15) is 0 Å². The van der Waals surface area contributed by atoms with Crippen LogP contribution in [0.5, 0.6) is 0 Å². The summed E-state index contributed by atoms with van der Waals surface area (Å²) in [5, 5.41) is 26.8. The molecule has 10 aromatic heterocycles. The molecular formula is C118H66N12O3. The number of hydrogen-bond donors (Lipinski definition) is 0. The zero-order valence-electron chi connectivity index (χ0n) is 70.7. The summed E-state index contributed by atoms with van der Waals surface area (Å²) in [6.45, 7) is 23.0. The first-order valence-corrected chi connectivity index (χ1v) is 43.8. The average molecular weight is 1700 g/mol. The van der Waals surface area contributed by atoms with Gasteiger partial charge in [0.1, 0.15) is 28.7 Å². The van der Waals surface area contributed by atoms with Gasteiger partial charge in [-0.3, -0.25) is 9.55 Å². The molecule has 0 aliphatic rings. The van der Waals surface area contributed by atoms with Crippen LogP contribution >= 0.6 is 0 Å². The number of imidazole rings is 1. The fourth-order valence-corrected chi connectivity index (χ4v) is 20.4. The molecule has 616 valence electrons. The molecule has 0 saturated carbocycles. The highest BCUT2D eigenvalue weighted by Gasteiger charge is 2.25. The summed E-state index contributed by atoms with van der Waals surface area (Å²) in [4.78, 5) is 20.0. The fourth-order valence-electron chi connectivity index (χ4n) is 20.4. The second-order valence-corrected chi connectivity index (χ2v) is 33.5. The lowest BCUT2D eigenvalue weighted by Crippen LogP contribution is -1.95. The lowest BCUT2D eigenvalue weighted by atomic mass is 10.0. The first-order valence-electron chi connectivity index (χ1n) is 43.8. The van der Waals surface area contributed by atoms with Crippen molar-refractivity contribution in [3.05, 3.63) is 441 Å². The van der Waals surface area contributed by atoms with Crippen LogP contribution in [0.15, 0.2) is 414 Å². The minimum atomic E-state index is 0.613. The van der Waals surface area contributed by atoms with Gasteiger partial charge in [-0.15, -0.1) is 0 Å². The van der Waals surface area contributed by atoms with Crippen LogP contribution in [0.25, 0.3) is 257 Å². The fraction of sp³-hybridized carbons (Fsp3) is 0. The van der Waals surface area contributed by atoms with E-state index in [-0.39, 0.29) is 0 Å². The molecule has 0 unspecified atom stereocenters. The van der Waals surface area contributed by atoms with E-state index < -0.39 is 0 Å². The summed E-state index contributed by atoms with van der Waals surface area (Å²) < 4.78 is 33.0. The highest BCUT2D eigenvalue weighted by atomic mass is 16.3. The van der Waals surface area contributed by atoms with E-state index in [0.717, 1.165) is 221 Å². The second-order valence-electron chi connectivity index (χ2n) is 33.5. The Morgan fingerprint density at radius 3 is 1.05 bits per heavy atom. The Morgan fingerprint density at radius 2 is 0.586 bits per heavy atom. The number of benzene rings is 18. The Morgan fingerprint density at radius 1 is 0.248 bits per heavy atom. The van der Waals surface area contributed by atoms with Gasteiger partial charge in [0.15, 0.2) is 28.2 Å². The number of furan rings is 3. The van der Waals surface area contributed by atoms with E-state index in [2.05, 4.69) is 319 Å². The van der Waals surface area contributed by atoms with Crippen LogP contribution in [-0.2, 0) is 0 Å². The van der Waals surface area contributed by atoms with E-state index in [1.165, 1.54) is 21.5 Å². The maximum atomic E-state index is 9.15. The van der Waals surface area contributed by atoms with Crippen LogP contribution in [0.1, 0.15) is 5.56 Å². The SMILES string of the molecule is [C-]#[N+]c1ccc2c(c1)c1cc(-c3ccc(C#N)cc3)ccc1n2-c1ccc2oc3ccccc3c2c1.[C-]#[N+]c1ccc2c(c1)c1cc(-c3ccncc3)ccc1n2-c1ccc2oc3c(-n4c5ccccc5c5ccccc54)cccc3c2c1.[C-]#[N+]c1ccc2c(c1)c1cc(-n3cnc4ccccc43)ccc1n2-c1ccc2oc3c(-n4c5ccccc5c5ccccc54)cccc3c2c1. The van der Waals surface area contributed by atoms with Crippen LogP contribution in [0.3, 0.4) is 0 Å². The van der Waals surface area contributed by atoms with Gasteiger partial charge in [0.25, 0.3) is 0 Å². The lowest BCUT2D eigenvalue weighted by Gasteiger charge is -2.09. The van der Waals surface area contributed by atoms with Crippen molar-refractivity contribution in [2.24, 2.45) is 0 Å². The zero-order chi connectivity index (χ0) is 88.2. The Labute approximate surface area is 757 Å². The van der Waals surface area contributed by atoms with Crippen LogP contribution in [-0.4, -0.2) is 37.4 Å². The molecule has 28 aromatic rings. The van der Waals surface area contributed by atoms with Crippen molar-refractivity contribution in [2.45, 2.75) is 0 Å². The summed E-state index contributed by atoms with van der Waals surface area (Å²) in [5.41, 5.74) is 31.0. The summed E-state index contributed by atoms with van der Waals surface area (Å²) in [7, 11) is 0. The molecule has 0 bridgehead atoms. The normalized spacial score (nSPS) is 11.7. The molecular weight excluding hydrogens is 1630 g/mol. The van der Waals surface area contributed by atoms with Crippen molar-refractivity contribution in [1.29, 1.82) is 5.26 Å². The first-order chi connectivity index (χ1) is 65.7. The maximum Gasteiger partial charge on any atom is 0.188 e. The molecule has 0 N–H and O–H groups in total. The minimum Gasteiger partial charge on any atom is -0.456 e. The molecule has 0 spiro atoms. The van der Waals surface area contributed by atoms with Crippen molar-refractivity contribution in [1.82, 2.24) is 37.4 Å². The van der Waals surface area contributed by atoms with Crippen molar-refractivity contribution in [3.63, 3.8) is 0 Å². The molecule has 10 heterocycles. The molecule has 28 rings (SSSR count). The van der Waals surface area contributed by atoms with Gasteiger partial charge in [0.05, 0.1) is 109 Å². The minimum absolute atomic E-state index is 0.613. The first kappa shape index (κ1) is 75.3. The average Bonchev–Trinajstić information content (AvgIpc) is 1.61. The van der Waals surface area contributed by atoms with Gasteiger partial charge >= 0.3 is 0 Å². The van der Waals surface area contributed by atoms with E-state index in [1.807, 2.05) is 140 Å². The third-order valence-corrected chi connectivity index (χ3v) is 26.4. The van der Waals surface area contributed by atoms with Crippen molar-refractivity contribution >= 4 is 203 Å². The van der Waals surface area contributed by atoms with E-state index >= 15 is 0 Å². The predicted molar refractivity (Wildman–Crippen MR) is 540 cm³/mol. The van der Waals surface area contributed by atoms with E-state index in [4.69, 9.17) is 38.2 Å². The second kappa shape index (κ2) is 29.8. The smallest absolute Gasteiger partial charge is 0.188 e. The number of rotatable bonds is 8. The predicted octanol–water partition coefficient (Wildman–Crippen LogP) is 31.8. The highest BCUT2D eigenvalue weighted by Crippen LogP contribution is 2.47. The Kier molecular flexibility index (Phi) is 16.9. The Bertz CT molecular complexity index is 9900. The largest absolute Gasteiger partial charge is 0.456 e. The lowest BCUT2D eigenvalue weighted by molar-refractivity contribution is 0.666. The molecule has 0 aliphatic heterocycles. The molecule has 0 aliphatic carbocycles. The van der Waals surface area contributed by atoms with Gasteiger partial charge < -0.3 is 36.1 Å². The quantitative estimate of drug-likeness (QED) is 0.139. The molecule has 133 heavy (non-hydrogen) atoms. The van der Waals surface area contributed by atoms with Crippen molar-refractivity contribution in [2.75, 3.05) is 0 Å². The molecule has 0 radical (unpaired) electrons. The molecule has 18 aromatic carbocycles. The highest BCUT2D eigenvalue weighted by molar-refractivity contribution is 6.19. The molecule has 0 atom stereocenters. The molecule has 0 fully saturated rings. The van der Waals surface area contributed by atoms with Gasteiger partial charge in [-0.05, 0) is 251 Å². The summed E-state index contributed by atoms with van der Waals surface area (Å²) in [6.07, 6.45) is 5.51. The standard InChI is InChI=1S/C44H25N5O.C42H24N4O.C32H17N3O/c1-45-27-17-20-39-33(23-27)34-24-28(47-26-46-36-12-4-7-15-41(36)47)18-21-40(34)48(39)29-19-22-43-35(25-29)32-11-8-16-42(44(32)50-43)49-37-13-5-2-9-30(37)31-10-3-6-14-38(31)49;1-43-28-14-17-39-34(24-28)33-23-27(26-19-21-44-22-20-26)13-16-38(33)45(39)29-15-18-41-35(25-29)32-9-6-12-40(42(32)47-41)46-36-10-4-2-7-30(36)31-8-3-5-11-37(31)46;1-34-23-11-14-30-27(17-23)26-16-22(21-8-6-20(19-33)7-9-21)10-13-29(26)35(30)24-12-15-32-28(18-24)25-4-2-3-5-31(25)36-32/h2-26H;2-25H;2-18H. The number of aromatic nitrogens is 8. The number of hydrogen-bond acceptors (Lipinski definition) is 6. The van der Waals surface area contributed by atoms with Crippen LogP contribution in [0.4, 0.5) is 17.1 Å². The number of fused-ring (bicyclic) bond motifs is 25. The van der Waals surface area contributed by atoms with Crippen LogP contribution in [0.2, 0.25) is 0 Å². The van der Waals surface area contributed by atoms with Crippen molar-refractivity contribution < 1.29 is 13.3 Å². The third-order valence-electron chi connectivity index (χ3n) is 26.4. The van der Waals surface area contributed by atoms with E-state index in [0.29, 0.717) is 22.6 Å². The van der Waals surface area contributed by atoms with Gasteiger partial charge in [0, 0.05) is 105 Å². The van der Waals surface area contributed by atoms with Crippen LogP contribution in [0, 0.1) is 31.0 Å². The number of para-hydroxylation sites is 9. The summed E-state index contributed by atoms with van der Waals surface area (Å²) >= 11 is 0. The Hall–Kier alpha value is -19.1. The Balaban J connectivity index is 0.000000106. The van der Waals surface area contributed by atoms with Gasteiger partial charge in [-0.1, -0.05) is 170 Å². The number of nitriles is 1. The topological polar surface area (TPSA) is 132 Å². The zero-order valence-corrected chi connectivity index (χ0v) is 70.7. The molecule has 0 amide bonds. The third kappa shape index (κ3) is 11.8. The van der Waals surface area contributed by atoms with Gasteiger partial charge in [0.2, 0.25) is 0 Å². The van der Waals surface area contributed by atoms with E-state index in [1.54, 1.807) is 0 Å². The summed E-state index contributed by atoms with van der Waals surface area (Å²) in [6, 6.07) is 134. The van der Waals surface area contributed by atoms with Gasteiger partial charge in [-0.25, -0.2) is 19.5 Å². The molecule has 0 saturated heterocycles. The number of pyridine rings is 1. The monoisotopic (exact) mass is 1700 g/mol. The van der Waals surface area contributed by atoms with Crippen LogP contribution < -0.4 is 0 Å².